The minimum atomic E-state index is 0.373. The standard InChI is InChI=1S/C12H12BrNS/c1-9-3-2-5-14-12(9)7-11(13)10-4-6-15-8-10/h2-6,8,11H,7H2,1H3. The van der Waals surface area contributed by atoms with Crippen molar-refractivity contribution in [3.8, 4) is 0 Å². The fourth-order valence-corrected chi connectivity index (χ4v) is 2.95. The molecule has 1 atom stereocenters. The smallest absolute Gasteiger partial charge is 0.0458 e. The highest BCUT2D eigenvalue weighted by Gasteiger charge is 2.10. The first kappa shape index (κ1) is 10.8. The summed E-state index contributed by atoms with van der Waals surface area (Å²) in [6, 6.07) is 6.24. The predicted molar refractivity (Wildman–Crippen MR) is 68.7 cm³/mol. The van der Waals surface area contributed by atoms with Gasteiger partial charge in [-0.15, -0.1) is 0 Å². The Balaban J connectivity index is 2.13. The van der Waals surface area contributed by atoms with Gasteiger partial charge < -0.3 is 0 Å². The van der Waals surface area contributed by atoms with Gasteiger partial charge in [-0.3, -0.25) is 4.98 Å². The Labute approximate surface area is 102 Å². The van der Waals surface area contributed by atoms with Gasteiger partial charge in [0.2, 0.25) is 0 Å². The maximum Gasteiger partial charge on any atom is 0.0458 e. The van der Waals surface area contributed by atoms with E-state index in [1.165, 1.54) is 16.8 Å². The molecule has 0 amide bonds. The number of rotatable bonds is 3. The first-order chi connectivity index (χ1) is 7.27. The van der Waals surface area contributed by atoms with Crippen LogP contribution in [0.15, 0.2) is 35.2 Å². The monoisotopic (exact) mass is 281 g/mol. The lowest BCUT2D eigenvalue weighted by Crippen LogP contribution is -1.98. The van der Waals surface area contributed by atoms with Crippen LogP contribution in [0, 0.1) is 6.92 Å². The van der Waals surface area contributed by atoms with Crippen molar-refractivity contribution < 1.29 is 0 Å². The molecule has 1 nitrogen and oxygen atoms in total. The Morgan fingerprint density at radius 1 is 1.47 bits per heavy atom. The number of alkyl halides is 1. The Morgan fingerprint density at radius 3 is 3.00 bits per heavy atom. The molecule has 0 fully saturated rings. The zero-order valence-corrected chi connectivity index (χ0v) is 10.9. The molecule has 0 aliphatic rings. The summed E-state index contributed by atoms with van der Waals surface area (Å²) in [5.74, 6) is 0. The van der Waals surface area contributed by atoms with Gasteiger partial charge in [-0.05, 0) is 40.9 Å². The first-order valence-corrected chi connectivity index (χ1v) is 6.70. The Bertz CT molecular complexity index is 425. The van der Waals surface area contributed by atoms with Crippen LogP contribution >= 0.6 is 27.3 Å². The van der Waals surface area contributed by atoms with Crippen molar-refractivity contribution in [2.75, 3.05) is 0 Å². The minimum Gasteiger partial charge on any atom is -0.261 e. The molecule has 2 heterocycles. The molecule has 0 radical (unpaired) electrons. The van der Waals surface area contributed by atoms with Crippen molar-refractivity contribution in [2.45, 2.75) is 18.2 Å². The number of aromatic nitrogens is 1. The van der Waals surface area contributed by atoms with E-state index in [2.05, 4.69) is 50.7 Å². The van der Waals surface area contributed by atoms with Gasteiger partial charge in [0, 0.05) is 23.1 Å². The third-order valence-corrected chi connectivity index (χ3v) is 3.95. The van der Waals surface area contributed by atoms with Crippen molar-refractivity contribution in [2.24, 2.45) is 0 Å². The molecule has 2 rings (SSSR count). The average molecular weight is 282 g/mol. The number of pyridine rings is 1. The van der Waals surface area contributed by atoms with Crippen LogP contribution in [0.2, 0.25) is 0 Å². The lowest BCUT2D eigenvalue weighted by molar-refractivity contribution is 0.895. The van der Waals surface area contributed by atoms with E-state index in [1.54, 1.807) is 11.3 Å². The molecular weight excluding hydrogens is 270 g/mol. The van der Waals surface area contributed by atoms with E-state index in [0.29, 0.717) is 4.83 Å². The molecule has 78 valence electrons. The second-order valence-corrected chi connectivity index (χ2v) is 5.38. The van der Waals surface area contributed by atoms with E-state index >= 15 is 0 Å². The molecule has 15 heavy (non-hydrogen) atoms. The van der Waals surface area contributed by atoms with Gasteiger partial charge in [0.15, 0.2) is 0 Å². The van der Waals surface area contributed by atoms with Crippen molar-refractivity contribution in [3.05, 3.63) is 52.0 Å². The van der Waals surface area contributed by atoms with E-state index in [4.69, 9.17) is 0 Å². The molecule has 2 aromatic heterocycles. The Hall–Kier alpha value is -0.670. The maximum atomic E-state index is 4.40. The Kier molecular flexibility index (Phi) is 3.54. The summed E-state index contributed by atoms with van der Waals surface area (Å²) in [5.41, 5.74) is 3.77. The van der Waals surface area contributed by atoms with E-state index in [0.717, 1.165) is 6.42 Å². The number of aryl methyl sites for hydroxylation is 1. The maximum absolute atomic E-state index is 4.40. The van der Waals surface area contributed by atoms with Crippen LogP contribution in [-0.4, -0.2) is 4.98 Å². The van der Waals surface area contributed by atoms with Crippen LogP contribution in [0.1, 0.15) is 21.6 Å². The molecule has 0 saturated carbocycles. The first-order valence-electron chi connectivity index (χ1n) is 4.84. The van der Waals surface area contributed by atoms with E-state index in [-0.39, 0.29) is 0 Å². The van der Waals surface area contributed by atoms with Crippen LogP contribution in [0.25, 0.3) is 0 Å². The minimum absolute atomic E-state index is 0.373. The molecule has 0 aromatic carbocycles. The molecule has 0 saturated heterocycles. The fraction of sp³-hybridized carbons (Fsp3) is 0.250. The van der Waals surface area contributed by atoms with Crippen LogP contribution in [0.5, 0.6) is 0 Å². The molecule has 0 spiro atoms. The fourth-order valence-electron chi connectivity index (χ4n) is 1.47. The second-order valence-electron chi connectivity index (χ2n) is 3.50. The highest BCUT2D eigenvalue weighted by atomic mass is 79.9. The molecule has 2 aromatic rings. The third kappa shape index (κ3) is 2.67. The predicted octanol–water partition coefficient (Wildman–Crippen LogP) is 4.13. The van der Waals surface area contributed by atoms with Crippen molar-refractivity contribution >= 4 is 27.3 Å². The van der Waals surface area contributed by atoms with Gasteiger partial charge in [-0.25, -0.2) is 0 Å². The van der Waals surface area contributed by atoms with Gasteiger partial charge in [-0.2, -0.15) is 11.3 Å². The number of hydrogen-bond donors (Lipinski definition) is 0. The van der Waals surface area contributed by atoms with E-state index in [1.807, 2.05) is 12.3 Å². The molecule has 0 N–H and O–H groups in total. The van der Waals surface area contributed by atoms with Crippen molar-refractivity contribution in [1.29, 1.82) is 0 Å². The second kappa shape index (κ2) is 4.90. The number of hydrogen-bond acceptors (Lipinski definition) is 2. The van der Waals surface area contributed by atoms with Crippen LogP contribution in [0.3, 0.4) is 0 Å². The highest BCUT2D eigenvalue weighted by Crippen LogP contribution is 2.28. The summed E-state index contributed by atoms with van der Waals surface area (Å²) in [6.07, 6.45) is 2.80. The summed E-state index contributed by atoms with van der Waals surface area (Å²) in [7, 11) is 0. The van der Waals surface area contributed by atoms with Gasteiger partial charge in [0.25, 0.3) is 0 Å². The van der Waals surface area contributed by atoms with Crippen LogP contribution in [0.4, 0.5) is 0 Å². The number of halogens is 1. The molecule has 0 aliphatic carbocycles. The van der Waals surface area contributed by atoms with Gasteiger partial charge >= 0.3 is 0 Å². The van der Waals surface area contributed by atoms with Crippen molar-refractivity contribution in [3.63, 3.8) is 0 Å². The Morgan fingerprint density at radius 2 is 2.33 bits per heavy atom. The zero-order valence-electron chi connectivity index (χ0n) is 8.48. The zero-order chi connectivity index (χ0) is 10.7. The summed E-state index contributed by atoms with van der Waals surface area (Å²) in [4.78, 5) is 4.77. The molecule has 1 unspecified atom stereocenters. The summed E-state index contributed by atoms with van der Waals surface area (Å²) in [6.45, 7) is 2.11. The lowest BCUT2D eigenvalue weighted by Gasteiger charge is -2.09. The number of nitrogens with zero attached hydrogens (tertiary/aromatic N) is 1. The SMILES string of the molecule is Cc1cccnc1CC(Br)c1ccsc1. The summed E-state index contributed by atoms with van der Waals surface area (Å²) < 4.78 is 0. The molecule has 3 heteroatoms. The van der Waals surface area contributed by atoms with Gasteiger partial charge in [0.05, 0.1) is 0 Å². The molecular formula is C12H12BrNS. The van der Waals surface area contributed by atoms with Gasteiger partial charge in [-0.1, -0.05) is 22.0 Å². The third-order valence-electron chi connectivity index (χ3n) is 2.40. The van der Waals surface area contributed by atoms with Crippen LogP contribution < -0.4 is 0 Å². The molecule has 0 bridgehead atoms. The van der Waals surface area contributed by atoms with Crippen LogP contribution in [-0.2, 0) is 6.42 Å². The quantitative estimate of drug-likeness (QED) is 0.771. The van der Waals surface area contributed by atoms with E-state index < -0.39 is 0 Å². The molecule has 0 aliphatic heterocycles. The number of thiophene rings is 1. The average Bonchev–Trinajstić information content (AvgIpc) is 2.74. The van der Waals surface area contributed by atoms with Gasteiger partial charge in [0.1, 0.15) is 0 Å². The van der Waals surface area contributed by atoms with Crippen molar-refractivity contribution in [1.82, 2.24) is 4.98 Å². The lowest BCUT2D eigenvalue weighted by atomic mass is 10.1. The normalized spacial score (nSPS) is 12.7. The highest BCUT2D eigenvalue weighted by molar-refractivity contribution is 9.09. The van der Waals surface area contributed by atoms with E-state index in [9.17, 15) is 0 Å². The summed E-state index contributed by atoms with van der Waals surface area (Å²) >= 11 is 5.43. The summed E-state index contributed by atoms with van der Waals surface area (Å²) in [5, 5.41) is 4.28. The largest absolute Gasteiger partial charge is 0.261 e. The topological polar surface area (TPSA) is 12.9 Å².